The summed E-state index contributed by atoms with van der Waals surface area (Å²) in [4.78, 5) is 9.58. The molecule has 0 atom stereocenters. The Labute approximate surface area is 73.5 Å². The van der Waals surface area contributed by atoms with Gasteiger partial charge in [0.1, 0.15) is 5.60 Å². The van der Waals surface area contributed by atoms with Crippen molar-refractivity contribution in [2.24, 2.45) is 0 Å². The van der Waals surface area contributed by atoms with Crippen LogP contribution in [0.25, 0.3) is 0 Å². The van der Waals surface area contributed by atoms with Crippen LogP contribution in [0.2, 0.25) is 0 Å². The van der Waals surface area contributed by atoms with Crippen molar-refractivity contribution in [1.29, 1.82) is 0 Å². The number of hydrogen-bond donors (Lipinski definition) is 1. The molecule has 0 spiro atoms. The predicted molar refractivity (Wildman–Crippen MR) is 45.8 cm³/mol. The Morgan fingerprint density at radius 2 is 1.58 bits per heavy atom. The first kappa shape index (κ1) is 14.1. The Bertz CT molecular complexity index is 102. The summed E-state index contributed by atoms with van der Waals surface area (Å²) < 4.78 is 9.35. The molecule has 0 aromatic carbocycles. The maximum absolute atomic E-state index is 9.58. The van der Waals surface area contributed by atoms with Gasteiger partial charge in [-0.3, -0.25) is 0 Å². The summed E-state index contributed by atoms with van der Waals surface area (Å²) >= 11 is 0. The minimum atomic E-state index is -1.14. The lowest BCUT2D eigenvalue weighted by molar-refractivity contribution is -0.120. The second-order valence-electron chi connectivity index (χ2n) is 2.81. The molecule has 74 valence electrons. The number of methoxy groups -OCH3 is 2. The summed E-state index contributed by atoms with van der Waals surface area (Å²) in [6.45, 7) is 4.69. The molecule has 0 fully saturated rings. The first-order chi connectivity index (χ1) is 5.37. The molecule has 4 heteroatoms. The van der Waals surface area contributed by atoms with Crippen molar-refractivity contribution in [3.63, 3.8) is 0 Å². The maximum Gasteiger partial charge on any atom is 0.154 e. The number of ether oxygens (including phenoxy) is 2. The van der Waals surface area contributed by atoms with Crippen LogP contribution in [-0.4, -0.2) is 37.5 Å². The SMILES string of the molecule is CC(C)(O)C=O.COC(C)OC. The standard InChI is InChI=1S/C4H10O2.C4H8O2/c1-4(5-2)6-3;1-4(2,6)3-5/h4H,1-3H3;3,6H,1-2H3. The highest BCUT2D eigenvalue weighted by Gasteiger charge is 2.07. The molecule has 0 heterocycles. The van der Waals surface area contributed by atoms with Gasteiger partial charge in [0.25, 0.3) is 0 Å². The average Bonchev–Trinajstić information content (AvgIpc) is 2.03. The summed E-state index contributed by atoms with van der Waals surface area (Å²) in [5.41, 5.74) is -1.14. The molecule has 0 aliphatic carbocycles. The van der Waals surface area contributed by atoms with E-state index in [-0.39, 0.29) is 6.29 Å². The van der Waals surface area contributed by atoms with Gasteiger partial charge >= 0.3 is 0 Å². The van der Waals surface area contributed by atoms with Gasteiger partial charge in [-0.15, -0.1) is 0 Å². The summed E-state index contributed by atoms with van der Waals surface area (Å²) in [7, 11) is 3.21. The third-order valence-electron chi connectivity index (χ3n) is 0.952. The highest BCUT2D eigenvalue weighted by molar-refractivity contribution is 5.60. The summed E-state index contributed by atoms with van der Waals surface area (Å²) in [5.74, 6) is 0. The van der Waals surface area contributed by atoms with E-state index >= 15 is 0 Å². The topological polar surface area (TPSA) is 55.8 Å². The van der Waals surface area contributed by atoms with Gasteiger partial charge in [-0.2, -0.15) is 0 Å². The van der Waals surface area contributed by atoms with Crippen LogP contribution in [-0.2, 0) is 14.3 Å². The van der Waals surface area contributed by atoms with Crippen molar-refractivity contribution >= 4 is 6.29 Å². The van der Waals surface area contributed by atoms with Gasteiger partial charge < -0.3 is 19.4 Å². The van der Waals surface area contributed by atoms with Crippen molar-refractivity contribution in [2.45, 2.75) is 32.7 Å². The van der Waals surface area contributed by atoms with E-state index in [9.17, 15) is 4.79 Å². The van der Waals surface area contributed by atoms with E-state index in [1.807, 2.05) is 6.92 Å². The van der Waals surface area contributed by atoms with Gasteiger partial charge in [0.2, 0.25) is 0 Å². The van der Waals surface area contributed by atoms with E-state index in [2.05, 4.69) is 9.47 Å². The number of aliphatic hydroxyl groups is 1. The molecule has 0 rings (SSSR count). The monoisotopic (exact) mass is 178 g/mol. The minimum Gasteiger partial charge on any atom is -0.383 e. The van der Waals surface area contributed by atoms with Gasteiger partial charge in [0, 0.05) is 14.2 Å². The fourth-order valence-corrected chi connectivity index (χ4v) is 0.0962. The third-order valence-corrected chi connectivity index (χ3v) is 0.952. The second-order valence-corrected chi connectivity index (χ2v) is 2.81. The van der Waals surface area contributed by atoms with Gasteiger partial charge in [0.05, 0.1) is 0 Å². The van der Waals surface area contributed by atoms with Gasteiger partial charge in [-0.25, -0.2) is 0 Å². The molecule has 12 heavy (non-hydrogen) atoms. The first-order valence-corrected chi connectivity index (χ1v) is 3.61. The molecule has 4 nitrogen and oxygen atoms in total. The van der Waals surface area contributed by atoms with Crippen molar-refractivity contribution in [1.82, 2.24) is 0 Å². The zero-order valence-corrected chi connectivity index (χ0v) is 8.33. The Hall–Kier alpha value is -0.450. The fraction of sp³-hybridized carbons (Fsp3) is 0.875. The lowest BCUT2D eigenvalue weighted by Gasteiger charge is -2.03. The Morgan fingerprint density at radius 1 is 1.33 bits per heavy atom. The molecule has 0 aromatic heterocycles. The third kappa shape index (κ3) is 16.3. The fourth-order valence-electron chi connectivity index (χ4n) is 0.0962. The number of aldehydes is 1. The van der Waals surface area contributed by atoms with Crippen LogP contribution < -0.4 is 0 Å². The zero-order valence-electron chi connectivity index (χ0n) is 8.33. The zero-order chi connectivity index (χ0) is 10.2. The second kappa shape index (κ2) is 7.21. The van der Waals surface area contributed by atoms with Crippen molar-refractivity contribution in [2.75, 3.05) is 14.2 Å². The smallest absolute Gasteiger partial charge is 0.154 e. The van der Waals surface area contributed by atoms with Crippen molar-refractivity contribution in [3.05, 3.63) is 0 Å². The average molecular weight is 178 g/mol. The molecule has 0 aliphatic rings. The van der Waals surface area contributed by atoms with Crippen LogP contribution in [0.15, 0.2) is 0 Å². The predicted octanol–water partition coefficient (Wildman–Crippen LogP) is 0.581. The van der Waals surface area contributed by atoms with E-state index < -0.39 is 5.60 Å². The normalized spacial score (nSPS) is 10.6. The van der Waals surface area contributed by atoms with E-state index in [0.717, 1.165) is 0 Å². The minimum absolute atomic E-state index is 0.0648. The van der Waals surface area contributed by atoms with E-state index in [0.29, 0.717) is 6.29 Å². The van der Waals surface area contributed by atoms with Crippen LogP contribution in [0.5, 0.6) is 0 Å². The van der Waals surface area contributed by atoms with Crippen molar-refractivity contribution < 1.29 is 19.4 Å². The molecule has 0 radical (unpaired) electrons. The maximum atomic E-state index is 9.58. The van der Waals surface area contributed by atoms with Crippen LogP contribution in [0.4, 0.5) is 0 Å². The van der Waals surface area contributed by atoms with E-state index in [1.54, 1.807) is 14.2 Å². The largest absolute Gasteiger partial charge is 0.383 e. The Morgan fingerprint density at radius 3 is 1.58 bits per heavy atom. The first-order valence-electron chi connectivity index (χ1n) is 3.61. The van der Waals surface area contributed by atoms with Crippen LogP contribution in [0.3, 0.4) is 0 Å². The summed E-state index contributed by atoms with van der Waals surface area (Å²) in [6.07, 6.45) is 0.428. The van der Waals surface area contributed by atoms with Crippen LogP contribution in [0.1, 0.15) is 20.8 Å². The number of carbonyl (C=O) groups is 1. The van der Waals surface area contributed by atoms with Gasteiger partial charge in [-0.05, 0) is 20.8 Å². The molecule has 0 unspecified atom stereocenters. The molecular formula is C8H18O4. The molecule has 0 saturated carbocycles. The molecule has 0 saturated heterocycles. The molecule has 0 bridgehead atoms. The van der Waals surface area contributed by atoms with E-state index in [4.69, 9.17) is 5.11 Å². The lowest BCUT2D eigenvalue weighted by Crippen LogP contribution is -2.19. The molecule has 0 amide bonds. The summed E-state index contributed by atoms with van der Waals surface area (Å²) in [5, 5.41) is 8.46. The van der Waals surface area contributed by atoms with Gasteiger partial charge in [0.15, 0.2) is 12.6 Å². The number of rotatable bonds is 3. The molecule has 1 N–H and O–H groups in total. The van der Waals surface area contributed by atoms with Crippen LogP contribution in [0, 0.1) is 0 Å². The summed E-state index contributed by atoms with van der Waals surface area (Å²) in [6, 6.07) is 0. The highest BCUT2D eigenvalue weighted by atomic mass is 16.7. The lowest BCUT2D eigenvalue weighted by atomic mass is 10.2. The number of hydrogen-bond acceptors (Lipinski definition) is 4. The van der Waals surface area contributed by atoms with Crippen molar-refractivity contribution in [3.8, 4) is 0 Å². The Balaban J connectivity index is 0. The number of carbonyl (C=O) groups excluding carboxylic acids is 1. The quantitative estimate of drug-likeness (QED) is 0.507. The Kier molecular flexibility index (Phi) is 8.47. The molecule has 0 aliphatic heterocycles. The van der Waals surface area contributed by atoms with Gasteiger partial charge in [-0.1, -0.05) is 0 Å². The molecular weight excluding hydrogens is 160 g/mol. The molecule has 0 aromatic rings. The highest BCUT2D eigenvalue weighted by Crippen LogP contribution is 1.91. The van der Waals surface area contributed by atoms with E-state index in [1.165, 1.54) is 13.8 Å². The van der Waals surface area contributed by atoms with Crippen LogP contribution >= 0.6 is 0 Å².